The zero-order chi connectivity index (χ0) is 19.6. The number of amides is 1. The molecule has 3 heterocycles. The Morgan fingerprint density at radius 3 is 2.17 bits per heavy atom. The number of hydrogen-bond donors (Lipinski definition) is 0. The lowest BCUT2D eigenvalue weighted by atomic mass is 9.88. The highest BCUT2D eigenvalue weighted by Gasteiger charge is 2.39. The van der Waals surface area contributed by atoms with E-state index in [1.807, 2.05) is 65.6 Å². The first-order chi connectivity index (χ1) is 14.3. The predicted molar refractivity (Wildman–Crippen MR) is 106 cm³/mol. The van der Waals surface area contributed by atoms with Gasteiger partial charge in [0.1, 0.15) is 0 Å². The van der Waals surface area contributed by atoms with E-state index in [1.54, 1.807) is 18.4 Å². The highest BCUT2D eigenvalue weighted by atomic mass is 16.5. The summed E-state index contributed by atoms with van der Waals surface area (Å²) in [6, 6.07) is 23.3. The quantitative estimate of drug-likeness (QED) is 0.517. The summed E-state index contributed by atoms with van der Waals surface area (Å²) in [5, 5.41) is 3.98. The van der Waals surface area contributed by atoms with E-state index in [-0.39, 0.29) is 17.7 Å². The smallest absolute Gasteiger partial charge is 0.238 e. The largest absolute Gasteiger partial charge is 0.461 e. The van der Waals surface area contributed by atoms with Gasteiger partial charge in [0.15, 0.2) is 5.76 Å². The highest BCUT2D eigenvalue weighted by Crippen LogP contribution is 2.33. The second kappa shape index (κ2) is 7.39. The minimum atomic E-state index is -0.320. The monoisotopic (exact) mass is 385 g/mol. The normalized spacial score (nSPS) is 14.2. The average Bonchev–Trinajstić information content (AvgIpc) is 3.41. The van der Waals surface area contributed by atoms with E-state index in [1.165, 1.54) is 0 Å². The number of furan rings is 1. The number of nitrogens with zero attached hydrogens (tertiary/aromatic N) is 3. The molecule has 0 radical (unpaired) electrons. The number of carbonyl (C=O) groups excluding carboxylic acids is 1. The van der Waals surface area contributed by atoms with E-state index < -0.39 is 0 Å². The van der Waals surface area contributed by atoms with Gasteiger partial charge in [-0.1, -0.05) is 65.8 Å². The van der Waals surface area contributed by atoms with Crippen molar-refractivity contribution >= 4 is 5.91 Å². The summed E-state index contributed by atoms with van der Waals surface area (Å²) in [5.41, 5.74) is 1.98. The van der Waals surface area contributed by atoms with Crippen molar-refractivity contribution < 1.29 is 13.7 Å². The molecular weight excluding hydrogens is 366 g/mol. The summed E-state index contributed by atoms with van der Waals surface area (Å²) in [4.78, 5) is 19.6. The molecule has 29 heavy (non-hydrogen) atoms. The Morgan fingerprint density at radius 1 is 0.931 bits per heavy atom. The Balaban J connectivity index is 1.33. The Labute approximate surface area is 167 Å². The molecule has 2 aromatic carbocycles. The van der Waals surface area contributed by atoms with Gasteiger partial charge in [0.25, 0.3) is 0 Å². The molecule has 0 atom stereocenters. The Kier molecular flexibility index (Phi) is 4.44. The molecular formula is C23H19N3O3. The van der Waals surface area contributed by atoms with Gasteiger partial charge in [0.2, 0.25) is 17.6 Å². The topological polar surface area (TPSA) is 72.4 Å². The lowest BCUT2D eigenvalue weighted by Gasteiger charge is -2.39. The molecule has 0 aliphatic carbocycles. The Hall–Kier alpha value is -3.67. The van der Waals surface area contributed by atoms with Crippen molar-refractivity contribution in [2.24, 2.45) is 0 Å². The van der Waals surface area contributed by atoms with E-state index in [0.29, 0.717) is 30.6 Å². The summed E-state index contributed by atoms with van der Waals surface area (Å²) in [6.45, 7) is 1.13. The van der Waals surface area contributed by atoms with Crippen molar-refractivity contribution in [2.75, 3.05) is 13.1 Å². The van der Waals surface area contributed by atoms with E-state index in [2.05, 4.69) is 10.1 Å². The maximum absolute atomic E-state index is 13.3. The summed E-state index contributed by atoms with van der Waals surface area (Å²) in [7, 11) is 0. The second-order valence-electron chi connectivity index (χ2n) is 7.13. The van der Waals surface area contributed by atoms with E-state index in [4.69, 9.17) is 8.94 Å². The van der Waals surface area contributed by atoms with Gasteiger partial charge in [-0.25, -0.2) is 0 Å². The zero-order valence-electron chi connectivity index (χ0n) is 15.6. The van der Waals surface area contributed by atoms with Crippen LogP contribution in [0.3, 0.4) is 0 Å². The fourth-order valence-electron chi connectivity index (χ4n) is 3.67. The van der Waals surface area contributed by atoms with Crippen LogP contribution in [0.1, 0.15) is 28.9 Å². The van der Waals surface area contributed by atoms with Crippen molar-refractivity contribution in [3.05, 3.63) is 96.1 Å². The summed E-state index contributed by atoms with van der Waals surface area (Å²) >= 11 is 0. The van der Waals surface area contributed by atoms with Gasteiger partial charge in [0, 0.05) is 13.1 Å². The molecule has 2 aromatic heterocycles. The minimum Gasteiger partial charge on any atom is -0.461 e. The number of hydrogen-bond acceptors (Lipinski definition) is 5. The predicted octanol–water partition coefficient (Wildman–Crippen LogP) is 4.09. The van der Waals surface area contributed by atoms with E-state index in [9.17, 15) is 4.79 Å². The van der Waals surface area contributed by atoms with Crippen LogP contribution in [0.4, 0.5) is 0 Å². The Morgan fingerprint density at radius 2 is 1.59 bits per heavy atom. The third-order valence-electron chi connectivity index (χ3n) is 5.24. The van der Waals surface area contributed by atoms with Crippen LogP contribution in [0.5, 0.6) is 0 Å². The number of aromatic nitrogens is 2. The summed E-state index contributed by atoms with van der Waals surface area (Å²) < 4.78 is 10.7. The number of rotatable bonds is 5. The molecule has 0 saturated carbocycles. The first kappa shape index (κ1) is 17.4. The zero-order valence-corrected chi connectivity index (χ0v) is 15.6. The van der Waals surface area contributed by atoms with Gasteiger partial charge < -0.3 is 13.8 Å². The maximum atomic E-state index is 13.3. The standard InChI is InChI=1S/C23H19N3O3/c27-23(20(16-8-3-1-4-9-16)17-10-5-2-6-11-17)26-14-18(15-26)22-24-21(25-29-22)19-12-7-13-28-19/h1-13,18,20H,14-15H2. The molecule has 5 rings (SSSR count). The fraction of sp³-hybridized carbons (Fsp3) is 0.174. The molecule has 4 aromatic rings. The third-order valence-corrected chi connectivity index (χ3v) is 5.24. The van der Waals surface area contributed by atoms with Crippen LogP contribution in [0.2, 0.25) is 0 Å². The van der Waals surface area contributed by atoms with Gasteiger partial charge in [-0.2, -0.15) is 4.98 Å². The first-order valence-electron chi connectivity index (χ1n) is 9.56. The third kappa shape index (κ3) is 3.33. The van der Waals surface area contributed by atoms with Crippen molar-refractivity contribution in [3.63, 3.8) is 0 Å². The minimum absolute atomic E-state index is 0.0439. The summed E-state index contributed by atoms with van der Waals surface area (Å²) in [5.74, 6) is 1.35. The van der Waals surface area contributed by atoms with Crippen LogP contribution < -0.4 is 0 Å². The summed E-state index contributed by atoms with van der Waals surface area (Å²) in [6.07, 6.45) is 1.57. The SMILES string of the molecule is O=C(C(c1ccccc1)c1ccccc1)N1CC(c2nc(-c3ccco3)no2)C1. The molecule has 144 valence electrons. The molecule has 0 N–H and O–H groups in total. The molecule has 1 amide bonds. The molecule has 0 spiro atoms. The van der Waals surface area contributed by atoms with Crippen LogP contribution in [-0.2, 0) is 4.79 Å². The van der Waals surface area contributed by atoms with Gasteiger partial charge in [-0.05, 0) is 23.3 Å². The average molecular weight is 385 g/mol. The van der Waals surface area contributed by atoms with Crippen LogP contribution >= 0.6 is 0 Å². The van der Waals surface area contributed by atoms with E-state index in [0.717, 1.165) is 11.1 Å². The van der Waals surface area contributed by atoms with Crippen molar-refractivity contribution in [1.29, 1.82) is 0 Å². The van der Waals surface area contributed by atoms with Crippen molar-refractivity contribution in [1.82, 2.24) is 15.0 Å². The van der Waals surface area contributed by atoms with Crippen molar-refractivity contribution in [3.8, 4) is 11.6 Å². The Bertz CT molecular complexity index is 1050. The molecule has 6 nitrogen and oxygen atoms in total. The van der Waals surface area contributed by atoms with Crippen LogP contribution in [0, 0.1) is 0 Å². The molecule has 0 unspecified atom stereocenters. The van der Waals surface area contributed by atoms with E-state index >= 15 is 0 Å². The maximum Gasteiger partial charge on any atom is 0.238 e. The van der Waals surface area contributed by atoms with Crippen LogP contribution in [0.25, 0.3) is 11.6 Å². The van der Waals surface area contributed by atoms with Crippen molar-refractivity contribution in [2.45, 2.75) is 11.8 Å². The van der Waals surface area contributed by atoms with Gasteiger partial charge in [-0.3, -0.25) is 4.79 Å². The number of benzene rings is 2. The molecule has 6 heteroatoms. The second-order valence-corrected chi connectivity index (χ2v) is 7.13. The first-order valence-corrected chi connectivity index (χ1v) is 9.56. The van der Waals surface area contributed by atoms with Gasteiger partial charge >= 0.3 is 0 Å². The fourth-order valence-corrected chi connectivity index (χ4v) is 3.67. The molecule has 1 saturated heterocycles. The lowest BCUT2D eigenvalue weighted by Crippen LogP contribution is -2.50. The van der Waals surface area contributed by atoms with Gasteiger partial charge in [-0.15, -0.1) is 0 Å². The van der Waals surface area contributed by atoms with Crippen LogP contribution in [0.15, 0.2) is 88.0 Å². The van der Waals surface area contributed by atoms with Crippen LogP contribution in [-0.4, -0.2) is 34.0 Å². The molecule has 1 aliphatic rings. The highest BCUT2D eigenvalue weighted by molar-refractivity contribution is 5.88. The molecule has 1 fully saturated rings. The number of likely N-dealkylation sites (tertiary alicyclic amines) is 1. The molecule has 0 bridgehead atoms. The van der Waals surface area contributed by atoms with Gasteiger partial charge in [0.05, 0.1) is 18.1 Å². The molecule has 1 aliphatic heterocycles. The lowest BCUT2D eigenvalue weighted by molar-refractivity contribution is -0.136. The number of carbonyl (C=O) groups is 1.